The lowest BCUT2D eigenvalue weighted by Gasteiger charge is -2.06. The summed E-state index contributed by atoms with van der Waals surface area (Å²) < 4.78 is 11.0. The normalized spacial score (nSPS) is 10.8. The summed E-state index contributed by atoms with van der Waals surface area (Å²) in [6, 6.07) is 14.8. The molecular weight excluding hydrogens is 362 g/mol. The molecular formula is C20H21N3O3S. The van der Waals surface area contributed by atoms with Gasteiger partial charge in [-0.25, -0.2) is 0 Å². The molecule has 27 heavy (non-hydrogen) atoms. The molecule has 7 heteroatoms. The van der Waals surface area contributed by atoms with E-state index < -0.39 is 0 Å². The van der Waals surface area contributed by atoms with Crippen LogP contribution in [0, 0.1) is 0 Å². The summed E-state index contributed by atoms with van der Waals surface area (Å²) in [5.41, 5.74) is 1.29. The van der Waals surface area contributed by atoms with Crippen molar-refractivity contribution in [2.45, 2.75) is 30.9 Å². The Kier molecular flexibility index (Phi) is 6.13. The van der Waals surface area contributed by atoms with E-state index in [4.69, 9.17) is 9.15 Å². The summed E-state index contributed by atoms with van der Waals surface area (Å²) in [7, 11) is 0. The number of carbonyl (C=O) groups excluding carboxylic acids is 1. The average Bonchev–Trinajstić information content (AvgIpc) is 3.11. The molecule has 0 radical (unpaired) electrons. The lowest BCUT2D eigenvalue weighted by molar-refractivity contribution is 0.102. The average molecular weight is 383 g/mol. The fourth-order valence-electron chi connectivity index (χ4n) is 2.40. The van der Waals surface area contributed by atoms with E-state index in [-0.39, 0.29) is 11.9 Å². The number of anilines is 1. The van der Waals surface area contributed by atoms with Gasteiger partial charge in [0.05, 0.1) is 6.61 Å². The van der Waals surface area contributed by atoms with Crippen molar-refractivity contribution in [2.75, 3.05) is 11.9 Å². The first-order chi connectivity index (χ1) is 13.0. The van der Waals surface area contributed by atoms with E-state index in [1.807, 2.05) is 49.4 Å². The second kappa shape index (κ2) is 8.73. The minimum Gasteiger partial charge on any atom is -0.494 e. The second-order valence-corrected chi connectivity index (χ2v) is 7.67. The summed E-state index contributed by atoms with van der Waals surface area (Å²) in [4.78, 5) is 13.5. The van der Waals surface area contributed by atoms with Gasteiger partial charge in [0.1, 0.15) is 5.75 Å². The second-order valence-electron chi connectivity index (χ2n) is 6.02. The lowest BCUT2D eigenvalue weighted by Crippen LogP contribution is -2.12. The predicted molar refractivity (Wildman–Crippen MR) is 106 cm³/mol. The predicted octanol–water partition coefficient (Wildman–Crippen LogP) is 4.89. The Bertz CT molecular complexity index is 907. The Balaban J connectivity index is 1.69. The van der Waals surface area contributed by atoms with E-state index in [0.717, 1.165) is 16.2 Å². The van der Waals surface area contributed by atoms with Crippen molar-refractivity contribution in [2.24, 2.45) is 0 Å². The number of thioether (sulfide) groups is 1. The smallest absolute Gasteiger partial charge is 0.322 e. The van der Waals surface area contributed by atoms with Crippen molar-refractivity contribution in [3.8, 4) is 17.2 Å². The quantitative estimate of drug-likeness (QED) is 0.586. The molecule has 0 fully saturated rings. The minimum atomic E-state index is -0.289. The lowest BCUT2D eigenvalue weighted by atomic mass is 10.2. The van der Waals surface area contributed by atoms with E-state index in [9.17, 15) is 4.79 Å². The third kappa shape index (κ3) is 5.10. The van der Waals surface area contributed by atoms with Gasteiger partial charge in [-0.3, -0.25) is 10.1 Å². The number of nitrogens with zero attached hydrogens (tertiary/aromatic N) is 2. The minimum absolute atomic E-state index is 0.0609. The number of hydrogen-bond donors (Lipinski definition) is 1. The highest BCUT2D eigenvalue weighted by Crippen LogP contribution is 2.25. The van der Waals surface area contributed by atoms with Crippen LogP contribution < -0.4 is 10.1 Å². The van der Waals surface area contributed by atoms with Gasteiger partial charge < -0.3 is 9.15 Å². The Morgan fingerprint density at radius 2 is 1.96 bits per heavy atom. The molecule has 0 aliphatic heterocycles. The highest BCUT2D eigenvalue weighted by atomic mass is 32.2. The summed E-state index contributed by atoms with van der Waals surface area (Å²) in [5.74, 6) is 0.814. The monoisotopic (exact) mass is 383 g/mol. The number of carbonyl (C=O) groups is 1. The zero-order chi connectivity index (χ0) is 19.2. The van der Waals surface area contributed by atoms with Gasteiger partial charge in [0.2, 0.25) is 5.89 Å². The molecule has 1 aromatic heterocycles. The van der Waals surface area contributed by atoms with Crippen molar-refractivity contribution >= 4 is 23.7 Å². The van der Waals surface area contributed by atoms with Gasteiger partial charge in [-0.1, -0.05) is 25.0 Å². The van der Waals surface area contributed by atoms with E-state index in [1.54, 1.807) is 17.8 Å². The molecule has 0 bridgehead atoms. The molecule has 2 aromatic carbocycles. The van der Waals surface area contributed by atoms with Crippen LogP contribution in [0.1, 0.15) is 31.1 Å². The standard InChI is InChI=1S/C20H21N3O3S/c1-4-25-16-10-8-14(9-11-16)19-22-23-20(26-19)21-18(24)15-6-5-7-17(12-15)27-13(2)3/h5-13H,4H2,1-3H3,(H,21,23,24). The van der Waals surface area contributed by atoms with Gasteiger partial charge in [0, 0.05) is 21.3 Å². The highest BCUT2D eigenvalue weighted by molar-refractivity contribution is 7.99. The maximum atomic E-state index is 12.4. The van der Waals surface area contributed by atoms with Crippen LogP contribution in [0.4, 0.5) is 6.01 Å². The van der Waals surface area contributed by atoms with Gasteiger partial charge >= 0.3 is 6.01 Å². The maximum absolute atomic E-state index is 12.4. The summed E-state index contributed by atoms with van der Waals surface area (Å²) in [5, 5.41) is 11.0. The number of nitrogens with one attached hydrogen (secondary N) is 1. The van der Waals surface area contributed by atoms with Gasteiger partial charge in [-0.2, -0.15) is 0 Å². The van der Waals surface area contributed by atoms with Crippen molar-refractivity contribution < 1.29 is 13.9 Å². The van der Waals surface area contributed by atoms with Crippen LogP contribution in [0.25, 0.3) is 11.5 Å². The number of amides is 1. The molecule has 0 unspecified atom stereocenters. The highest BCUT2D eigenvalue weighted by Gasteiger charge is 2.13. The number of rotatable bonds is 7. The Hall–Kier alpha value is -2.80. The van der Waals surface area contributed by atoms with Gasteiger partial charge in [0.25, 0.3) is 5.91 Å². The summed E-state index contributed by atoms with van der Waals surface area (Å²) in [6.45, 7) is 6.75. The summed E-state index contributed by atoms with van der Waals surface area (Å²) in [6.07, 6.45) is 0. The van der Waals surface area contributed by atoms with Crippen LogP contribution >= 0.6 is 11.8 Å². The number of ether oxygens (including phenoxy) is 1. The molecule has 0 saturated carbocycles. The van der Waals surface area contributed by atoms with Crippen LogP contribution in [0.3, 0.4) is 0 Å². The van der Waals surface area contributed by atoms with Crippen molar-refractivity contribution in [1.82, 2.24) is 10.2 Å². The largest absolute Gasteiger partial charge is 0.494 e. The summed E-state index contributed by atoms with van der Waals surface area (Å²) >= 11 is 1.70. The van der Waals surface area contributed by atoms with Crippen molar-refractivity contribution in [1.29, 1.82) is 0 Å². The molecule has 0 atom stereocenters. The van der Waals surface area contributed by atoms with E-state index in [2.05, 4.69) is 29.4 Å². The zero-order valence-corrected chi connectivity index (χ0v) is 16.2. The third-order valence-corrected chi connectivity index (χ3v) is 4.52. The molecule has 0 saturated heterocycles. The van der Waals surface area contributed by atoms with Gasteiger partial charge in [0.15, 0.2) is 0 Å². The molecule has 0 spiro atoms. The molecule has 1 heterocycles. The van der Waals surface area contributed by atoms with Gasteiger partial charge in [-0.05, 0) is 49.4 Å². The van der Waals surface area contributed by atoms with Crippen LogP contribution in [0.15, 0.2) is 57.8 Å². The maximum Gasteiger partial charge on any atom is 0.322 e. The number of hydrogen-bond acceptors (Lipinski definition) is 6. The third-order valence-electron chi connectivity index (χ3n) is 3.53. The van der Waals surface area contributed by atoms with Crippen LogP contribution in [-0.2, 0) is 0 Å². The molecule has 140 valence electrons. The molecule has 0 aliphatic carbocycles. The fourth-order valence-corrected chi connectivity index (χ4v) is 3.30. The molecule has 1 amide bonds. The van der Waals surface area contributed by atoms with Crippen molar-refractivity contribution in [3.63, 3.8) is 0 Å². The Labute approximate surface area is 162 Å². The first kappa shape index (κ1) is 19.0. The number of benzene rings is 2. The Morgan fingerprint density at radius 3 is 2.67 bits per heavy atom. The zero-order valence-electron chi connectivity index (χ0n) is 15.4. The first-order valence-electron chi connectivity index (χ1n) is 8.70. The van der Waals surface area contributed by atoms with Gasteiger partial charge in [-0.15, -0.1) is 16.9 Å². The topological polar surface area (TPSA) is 77.3 Å². The molecule has 6 nitrogen and oxygen atoms in total. The van der Waals surface area contributed by atoms with E-state index in [0.29, 0.717) is 23.3 Å². The van der Waals surface area contributed by atoms with E-state index >= 15 is 0 Å². The van der Waals surface area contributed by atoms with E-state index in [1.165, 1.54) is 0 Å². The van der Waals surface area contributed by atoms with Crippen LogP contribution in [-0.4, -0.2) is 28.0 Å². The van der Waals surface area contributed by atoms with Crippen LogP contribution in [0.5, 0.6) is 5.75 Å². The van der Waals surface area contributed by atoms with Crippen LogP contribution in [0.2, 0.25) is 0 Å². The number of aromatic nitrogens is 2. The molecule has 0 aliphatic rings. The van der Waals surface area contributed by atoms with Crippen molar-refractivity contribution in [3.05, 3.63) is 54.1 Å². The first-order valence-corrected chi connectivity index (χ1v) is 9.58. The molecule has 3 aromatic rings. The molecule has 1 N–H and O–H groups in total. The SMILES string of the molecule is CCOc1ccc(-c2nnc(NC(=O)c3cccc(SC(C)C)c3)o2)cc1. The fraction of sp³-hybridized carbons (Fsp3) is 0.250. The molecule has 3 rings (SSSR count). The Morgan fingerprint density at radius 1 is 1.19 bits per heavy atom.